The minimum atomic E-state index is -0.665. The van der Waals surface area contributed by atoms with Crippen LogP contribution in [0, 0.1) is 29.6 Å². The highest BCUT2D eigenvalue weighted by atomic mass is 16.2. The minimum absolute atomic E-state index is 0.175. The van der Waals surface area contributed by atoms with Gasteiger partial charge in [-0.3, -0.25) is 4.79 Å². The lowest BCUT2D eigenvalue weighted by Gasteiger charge is -2.22. The molecular weight excluding hydrogens is 236 g/mol. The van der Waals surface area contributed by atoms with Crippen molar-refractivity contribution in [3.05, 3.63) is 35.9 Å². The summed E-state index contributed by atoms with van der Waals surface area (Å²) in [6.07, 6.45) is 6.53. The summed E-state index contributed by atoms with van der Waals surface area (Å²) in [6.45, 7) is 2.84. The van der Waals surface area contributed by atoms with Gasteiger partial charge in [-0.2, -0.15) is 5.26 Å². The van der Waals surface area contributed by atoms with E-state index in [0.29, 0.717) is 13.0 Å². The second-order valence-electron chi connectivity index (χ2n) is 4.34. The van der Waals surface area contributed by atoms with Crippen LogP contribution < -0.4 is 0 Å². The molecule has 0 fully saturated rings. The Labute approximate surface area is 114 Å². The number of hydrogen-bond acceptors (Lipinski definition) is 2. The number of rotatable bonds is 6. The Balaban J connectivity index is 2.76. The van der Waals surface area contributed by atoms with Gasteiger partial charge in [0.15, 0.2) is 0 Å². The first-order chi connectivity index (χ1) is 9.22. The normalized spacial score (nSPS) is 11.1. The Kier molecular flexibility index (Phi) is 6.19. The lowest BCUT2D eigenvalue weighted by molar-refractivity contribution is -0.133. The van der Waals surface area contributed by atoms with Gasteiger partial charge >= 0.3 is 0 Å². The highest BCUT2D eigenvalue weighted by molar-refractivity contribution is 5.81. The number of amides is 1. The summed E-state index contributed by atoms with van der Waals surface area (Å²) >= 11 is 0. The van der Waals surface area contributed by atoms with Crippen LogP contribution in [0.3, 0.4) is 0 Å². The highest BCUT2D eigenvalue weighted by Gasteiger charge is 2.23. The summed E-state index contributed by atoms with van der Waals surface area (Å²) in [6, 6.07) is 11.6. The van der Waals surface area contributed by atoms with Crippen molar-refractivity contribution >= 4 is 5.91 Å². The lowest BCUT2D eigenvalue weighted by atomic mass is 9.99. The van der Waals surface area contributed by atoms with E-state index < -0.39 is 5.92 Å². The molecule has 1 aromatic rings. The first-order valence-corrected chi connectivity index (χ1v) is 6.38. The molecule has 1 atom stereocenters. The van der Waals surface area contributed by atoms with Crippen molar-refractivity contribution in [1.82, 2.24) is 4.90 Å². The maximum absolute atomic E-state index is 12.3. The largest absolute Gasteiger partial charge is 0.330 e. The van der Waals surface area contributed by atoms with E-state index in [0.717, 1.165) is 12.0 Å². The van der Waals surface area contributed by atoms with E-state index in [9.17, 15) is 10.1 Å². The summed E-state index contributed by atoms with van der Waals surface area (Å²) < 4.78 is 0. The molecule has 98 valence electrons. The molecule has 0 aliphatic heterocycles. The van der Waals surface area contributed by atoms with Crippen molar-refractivity contribution in [2.45, 2.75) is 19.8 Å². The molecule has 1 rings (SSSR count). The monoisotopic (exact) mass is 254 g/mol. The molecule has 3 heteroatoms. The van der Waals surface area contributed by atoms with Crippen LogP contribution in [0.5, 0.6) is 0 Å². The van der Waals surface area contributed by atoms with Crippen LogP contribution in [-0.4, -0.2) is 23.9 Å². The molecule has 1 unspecified atom stereocenters. The molecule has 0 aromatic heterocycles. The number of nitrogens with zero attached hydrogens (tertiary/aromatic N) is 2. The van der Waals surface area contributed by atoms with Crippen LogP contribution in [0.1, 0.15) is 18.9 Å². The fourth-order valence-corrected chi connectivity index (χ4v) is 1.91. The number of hydrogen-bond donors (Lipinski definition) is 0. The highest BCUT2D eigenvalue weighted by Crippen LogP contribution is 2.11. The third-order valence-electron chi connectivity index (χ3n) is 2.82. The number of terminal acetylenes is 1. The van der Waals surface area contributed by atoms with E-state index >= 15 is 0 Å². The van der Waals surface area contributed by atoms with Gasteiger partial charge in [0.25, 0.3) is 0 Å². The summed E-state index contributed by atoms with van der Waals surface area (Å²) in [5.74, 6) is 1.63. The average molecular weight is 254 g/mol. The molecule has 0 aliphatic rings. The zero-order valence-electron chi connectivity index (χ0n) is 11.2. The van der Waals surface area contributed by atoms with E-state index in [1.807, 2.05) is 37.3 Å². The van der Waals surface area contributed by atoms with Crippen LogP contribution in [0.2, 0.25) is 0 Å². The number of carbonyl (C=O) groups excluding carboxylic acids is 1. The maximum Gasteiger partial charge on any atom is 0.241 e. The predicted molar refractivity (Wildman–Crippen MR) is 75.0 cm³/mol. The van der Waals surface area contributed by atoms with Gasteiger partial charge in [-0.05, 0) is 18.4 Å². The topological polar surface area (TPSA) is 44.1 Å². The molecule has 19 heavy (non-hydrogen) atoms. The Morgan fingerprint density at radius 3 is 2.63 bits per heavy atom. The lowest BCUT2D eigenvalue weighted by Crippen LogP contribution is -2.37. The third kappa shape index (κ3) is 4.48. The van der Waals surface area contributed by atoms with Crippen molar-refractivity contribution in [2.24, 2.45) is 5.92 Å². The van der Waals surface area contributed by atoms with Crippen molar-refractivity contribution in [1.29, 1.82) is 5.26 Å². The van der Waals surface area contributed by atoms with Crippen LogP contribution in [-0.2, 0) is 11.2 Å². The van der Waals surface area contributed by atoms with E-state index in [4.69, 9.17) is 6.42 Å². The zero-order valence-corrected chi connectivity index (χ0v) is 11.2. The van der Waals surface area contributed by atoms with Crippen molar-refractivity contribution < 1.29 is 4.79 Å². The summed E-state index contributed by atoms with van der Waals surface area (Å²) in [7, 11) is 0. The number of benzene rings is 1. The molecule has 0 saturated heterocycles. The third-order valence-corrected chi connectivity index (χ3v) is 2.82. The Morgan fingerprint density at radius 2 is 2.11 bits per heavy atom. The van der Waals surface area contributed by atoms with E-state index in [1.165, 1.54) is 0 Å². The van der Waals surface area contributed by atoms with Crippen LogP contribution in [0.25, 0.3) is 0 Å². The maximum atomic E-state index is 12.3. The predicted octanol–water partition coefficient (Wildman–Crippen LogP) is 2.24. The molecule has 0 bridgehead atoms. The van der Waals surface area contributed by atoms with E-state index in [-0.39, 0.29) is 12.5 Å². The van der Waals surface area contributed by atoms with Crippen LogP contribution in [0.4, 0.5) is 0 Å². The molecule has 0 saturated carbocycles. The van der Waals surface area contributed by atoms with E-state index in [2.05, 4.69) is 12.0 Å². The van der Waals surface area contributed by atoms with Gasteiger partial charge in [0.05, 0.1) is 12.6 Å². The number of carbonyl (C=O) groups is 1. The number of nitriles is 1. The Hall–Kier alpha value is -2.26. The molecule has 3 nitrogen and oxygen atoms in total. The van der Waals surface area contributed by atoms with Crippen molar-refractivity contribution in [2.75, 3.05) is 13.1 Å². The quantitative estimate of drug-likeness (QED) is 0.731. The molecule has 1 amide bonds. The standard InChI is InChI=1S/C16H18N2O/c1-3-10-18(11-4-2)16(19)15(13-17)12-14-8-6-5-7-9-14/h1,5-9,15H,4,10-12H2,2H3. The zero-order chi connectivity index (χ0) is 14.1. The average Bonchev–Trinajstić information content (AvgIpc) is 2.45. The fraction of sp³-hybridized carbons (Fsp3) is 0.375. The first-order valence-electron chi connectivity index (χ1n) is 6.38. The van der Waals surface area contributed by atoms with Crippen molar-refractivity contribution in [3.8, 4) is 18.4 Å². The second kappa shape index (κ2) is 7.95. The summed E-state index contributed by atoms with van der Waals surface area (Å²) in [5, 5.41) is 9.19. The summed E-state index contributed by atoms with van der Waals surface area (Å²) in [4.78, 5) is 13.8. The molecule has 1 aromatic carbocycles. The van der Waals surface area contributed by atoms with Gasteiger partial charge in [0, 0.05) is 6.54 Å². The van der Waals surface area contributed by atoms with E-state index in [1.54, 1.807) is 4.90 Å². The molecule has 0 heterocycles. The SMILES string of the molecule is C#CCN(CCC)C(=O)C(C#N)Cc1ccccc1. The summed E-state index contributed by atoms with van der Waals surface area (Å²) in [5.41, 5.74) is 0.986. The Bertz CT molecular complexity index is 482. The first kappa shape index (κ1) is 14.8. The minimum Gasteiger partial charge on any atom is -0.330 e. The smallest absolute Gasteiger partial charge is 0.241 e. The molecule has 0 aliphatic carbocycles. The van der Waals surface area contributed by atoms with Gasteiger partial charge in [-0.25, -0.2) is 0 Å². The van der Waals surface area contributed by atoms with Crippen LogP contribution >= 0.6 is 0 Å². The molecule has 0 N–H and O–H groups in total. The van der Waals surface area contributed by atoms with Gasteiger partial charge in [0.1, 0.15) is 5.92 Å². The van der Waals surface area contributed by atoms with Crippen LogP contribution in [0.15, 0.2) is 30.3 Å². The second-order valence-corrected chi connectivity index (χ2v) is 4.34. The molecule has 0 spiro atoms. The van der Waals surface area contributed by atoms with Gasteiger partial charge in [-0.1, -0.05) is 43.2 Å². The fourth-order valence-electron chi connectivity index (χ4n) is 1.91. The van der Waals surface area contributed by atoms with Gasteiger partial charge < -0.3 is 4.90 Å². The van der Waals surface area contributed by atoms with Gasteiger partial charge in [0.2, 0.25) is 5.91 Å². The Morgan fingerprint density at radius 1 is 1.42 bits per heavy atom. The van der Waals surface area contributed by atoms with Crippen molar-refractivity contribution in [3.63, 3.8) is 0 Å². The molecular formula is C16H18N2O. The molecule has 0 radical (unpaired) electrons. The van der Waals surface area contributed by atoms with Gasteiger partial charge in [-0.15, -0.1) is 6.42 Å².